The molecular weight excluding hydrogens is 594 g/mol. The summed E-state index contributed by atoms with van der Waals surface area (Å²) in [5, 5.41) is 6.80. The van der Waals surface area contributed by atoms with Crippen molar-refractivity contribution in [3.05, 3.63) is 145 Å². The molecular formula is C40H31F3N2Si. The van der Waals surface area contributed by atoms with E-state index in [4.69, 9.17) is 0 Å². The number of fused-ring (bicyclic) bond motifs is 6. The highest BCUT2D eigenvalue weighted by atomic mass is 28.3. The summed E-state index contributed by atoms with van der Waals surface area (Å²) in [6, 6.07) is 44.4. The Balaban J connectivity index is 1.18. The van der Waals surface area contributed by atoms with Gasteiger partial charge in [-0.1, -0.05) is 102 Å². The minimum atomic E-state index is -4.41. The summed E-state index contributed by atoms with van der Waals surface area (Å²) in [4.78, 5) is 0. The third-order valence-corrected chi connectivity index (χ3v) is 13.1. The van der Waals surface area contributed by atoms with Crippen LogP contribution in [0.2, 0.25) is 13.1 Å². The van der Waals surface area contributed by atoms with Crippen molar-refractivity contribution >= 4 is 62.1 Å². The molecule has 2 heterocycles. The van der Waals surface area contributed by atoms with Crippen LogP contribution in [-0.4, -0.2) is 17.2 Å². The lowest BCUT2D eigenvalue weighted by atomic mass is 10.1. The maximum atomic E-state index is 13.7. The van der Waals surface area contributed by atoms with E-state index in [1.807, 2.05) is 41.0 Å². The van der Waals surface area contributed by atoms with E-state index in [0.717, 1.165) is 27.7 Å². The summed E-state index contributed by atoms with van der Waals surface area (Å²) in [6.45, 7) is 6.82. The number of hydrogen-bond donors (Lipinski definition) is 0. The first-order valence-corrected chi connectivity index (χ1v) is 18.4. The van der Waals surface area contributed by atoms with E-state index < -0.39 is 19.8 Å². The summed E-state index contributed by atoms with van der Waals surface area (Å²) in [5.74, 6) is 0. The number of aryl methyl sites for hydroxylation is 1. The monoisotopic (exact) mass is 624 g/mol. The Labute approximate surface area is 266 Å². The molecule has 8 aromatic rings. The Morgan fingerprint density at radius 1 is 0.478 bits per heavy atom. The highest BCUT2D eigenvalue weighted by Crippen LogP contribution is 2.37. The van der Waals surface area contributed by atoms with Gasteiger partial charge >= 0.3 is 6.18 Å². The predicted molar refractivity (Wildman–Crippen MR) is 188 cm³/mol. The Hall–Kier alpha value is -5.07. The molecule has 226 valence electrons. The first-order valence-electron chi connectivity index (χ1n) is 15.4. The number of aromatic nitrogens is 2. The Kier molecular flexibility index (Phi) is 6.31. The van der Waals surface area contributed by atoms with E-state index in [2.05, 4.69) is 103 Å². The zero-order valence-corrected chi connectivity index (χ0v) is 26.7. The highest BCUT2D eigenvalue weighted by Gasteiger charge is 2.31. The zero-order chi connectivity index (χ0) is 31.8. The first kappa shape index (κ1) is 28.4. The van der Waals surface area contributed by atoms with Gasteiger partial charge in [-0.3, -0.25) is 0 Å². The molecule has 0 spiro atoms. The molecule has 0 aliphatic rings. The number of nitrogens with zero attached hydrogens (tertiary/aromatic N) is 2. The predicted octanol–water partition coefficient (Wildman–Crippen LogP) is 10.0. The van der Waals surface area contributed by atoms with Crippen LogP contribution in [0.3, 0.4) is 0 Å². The minimum absolute atomic E-state index is 0.552. The SMILES string of the molecule is Cc1ccc2c3ccccc3n(-c3ccc([Si](C)(C)c4ccc(-n5c6ccccc6c6ccc(C(F)(F)F)cc65)cc4)cc3)c2c1. The van der Waals surface area contributed by atoms with E-state index in [1.54, 1.807) is 6.07 Å². The summed E-state index contributed by atoms with van der Waals surface area (Å²) < 4.78 is 45.4. The molecule has 6 heteroatoms. The van der Waals surface area contributed by atoms with Crippen molar-refractivity contribution in [1.29, 1.82) is 0 Å². The topological polar surface area (TPSA) is 9.86 Å². The van der Waals surface area contributed by atoms with Gasteiger partial charge in [0, 0.05) is 32.9 Å². The van der Waals surface area contributed by atoms with Crippen LogP contribution in [0, 0.1) is 6.92 Å². The minimum Gasteiger partial charge on any atom is -0.309 e. The summed E-state index contributed by atoms with van der Waals surface area (Å²) in [6.07, 6.45) is -4.41. The average molecular weight is 625 g/mol. The van der Waals surface area contributed by atoms with Crippen LogP contribution in [0.15, 0.2) is 133 Å². The summed E-state index contributed by atoms with van der Waals surface area (Å²) >= 11 is 0. The van der Waals surface area contributed by atoms with Gasteiger partial charge in [0.05, 0.1) is 27.6 Å². The standard InChI is InChI=1S/C40H31F3N2Si/c1-26-12-22-34-32-8-4-6-10-36(32)44(38(34)24-26)28-14-18-30(19-15-28)46(2,3)31-20-16-29(17-21-31)45-37-11-7-5-9-33(37)35-23-13-27(25-39(35)45)40(41,42)43/h4-25H,1-3H3. The molecule has 0 aliphatic carbocycles. The fourth-order valence-electron chi connectivity index (χ4n) is 7.00. The van der Waals surface area contributed by atoms with Crippen LogP contribution in [0.4, 0.5) is 13.2 Å². The third-order valence-electron chi connectivity index (χ3n) is 9.52. The molecule has 0 aliphatic heterocycles. The Morgan fingerprint density at radius 3 is 1.41 bits per heavy atom. The maximum Gasteiger partial charge on any atom is 0.416 e. The molecule has 2 aromatic heterocycles. The van der Waals surface area contributed by atoms with E-state index in [9.17, 15) is 13.2 Å². The molecule has 0 saturated carbocycles. The molecule has 0 fully saturated rings. The van der Waals surface area contributed by atoms with Crippen LogP contribution < -0.4 is 10.4 Å². The molecule has 46 heavy (non-hydrogen) atoms. The zero-order valence-electron chi connectivity index (χ0n) is 25.7. The second kappa shape index (κ2) is 10.2. The molecule has 0 bridgehead atoms. The molecule has 0 atom stereocenters. The third kappa shape index (κ3) is 4.39. The Morgan fingerprint density at radius 2 is 0.913 bits per heavy atom. The molecule has 8 rings (SSSR count). The van der Waals surface area contributed by atoms with E-state index >= 15 is 0 Å². The molecule has 0 saturated heterocycles. The summed E-state index contributed by atoms with van der Waals surface area (Å²) in [5.41, 5.74) is 6.39. The second-order valence-electron chi connectivity index (χ2n) is 12.7. The molecule has 0 radical (unpaired) electrons. The number of alkyl halides is 3. The smallest absolute Gasteiger partial charge is 0.309 e. The molecule has 0 N–H and O–H groups in total. The van der Waals surface area contributed by atoms with Gasteiger partial charge in [0.25, 0.3) is 0 Å². The van der Waals surface area contributed by atoms with Gasteiger partial charge in [0.15, 0.2) is 0 Å². The van der Waals surface area contributed by atoms with E-state index in [1.165, 1.54) is 49.9 Å². The molecule has 6 aromatic carbocycles. The van der Waals surface area contributed by atoms with Crippen molar-refractivity contribution in [1.82, 2.24) is 9.13 Å². The van der Waals surface area contributed by atoms with Crippen LogP contribution in [0.25, 0.3) is 55.0 Å². The number of benzene rings is 6. The van der Waals surface area contributed by atoms with Crippen molar-refractivity contribution < 1.29 is 13.2 Å². The lowest BCUT2D eigenvalue weighted by Gasteiger charge is -2.24. The fraction of sp³-hybridized carbons (Fsp3) is 0.100. The number of rotatable bonds is 4. The van der Waals surface area contributed by atoms with Crippen LogP contribution >= 0.6 is 0 Å². The van der Waals surface area contributed by atoms with Crippen LogP contribution in [-0.2, 0) is 6.18 Å². The first-order chi connectivity index (χ1) is 22.1. The second-order valence-corrected chi connectivity index (χ2v) is 17.1. The summed E-state index contributed by atoms with van der Waals surface area (Å²) in [7, 11) is -2.10. The van der Waals surface area contributed by atoms with Crippen molar-refractivity contribution in [2.75, 3.05) is 0 Å². The number of para-hydroxylation sites is 2. The van der Waals surface area contributed by atoms with Gasteiger partial charge in [-0.15, -0.1) is 0 Å². The van der Waals surface area contributed by atoms with Gasteiger partial charge in [0.2, 0.25) is 0 Å². The number of hydrogen-bond acceptors (Lipinski definition) is 0. The fourth-order valence-corrected chi connectivity index (χ4v) is 9.34. The molecule has 2 nitrogen and oxygen atoms in total. The van der Waals surface area contributed by atoms with Gasteiger partial charge in [-0.25, -0.2) is 0 Å². The van der Waals surface area contributed by atoms with E-state index in [0.29, 0.717) is 5.52 Å². The molecule has 0 unspecified atom stereocenters. The average Bonchev–Trinajstić information content (AvgIpc) is 3.56. The van der Waals surface area contributed by atoms with Crippen molar-refractivity contribution in [2.45, 2.75) is 26.2 Å². The quantitative estimate of drug-likeness (QED) is 0.173. The molecule has 0 amide bonds. The van der Waals surface area contributed by atoms with Gasteiger partial charge < -0.3 is 9.13 Å². The lowest BCUT2D eigenvalue weighted by Crippen LogP contribution is -2.52. The Bertz CT molecular complexity index is 2430. The largest absolute Gasteiger partial charge is 0.416 e. The normalized spacial score (nSPS) is 12.6. The van der Waals surface area contributed by atoms with Gasteiger partial charge in [0.1, 0.15) is 8.07 Å². The number of halogens is 3. The highest BCUT2D eigenvalue weighted by molar-refractivity contribution is 7.00. The lowest BCUT2D eigenvalue weighted by molar-refractivity contribution is -0.137. The van der Waals surface area contributed by atoms with Crippen LogP contribution in [0.5, 0.6) is 0 Å². The van der Waals surface area contributed by atoms with Gasteiger partial charge in [-0.2, -0.15) is 13.2 Å². The van der Waals surface area contributed by atoms with Crippen molar-refractivity contribution in [2.24, 2.45) is 0 Å². The van der Waals surface area contributed by atoms with Crippen LogP contribution in [0.1, 0.15) is 11.1 Å². The van der Waals surface area contributed by atoms with Gasteiger partial charge in [-0.05, 0) is 67.1 Å². The van der Waals surface area contributed by atoms with Crippen molar-refractivity contribution in [3.63, 3.8) is 0 Å². The maximum absolute atomic E-state index is 13.7. The van der Waals surface area contributed by atoms with E-state index in [-0.39, 0.29) is 0 Å². The van der Waals surface area contributed by atoms with Crippen molar-refractivity contribution in [3.8, 4) is 11.4 Å².